The van der Waals surface area contributed by atoms with E-state index in [1.54, 1.807) is 0 Å². The summed E-state index contributed by atoms with van der Waals surface area (Å²) in [5.41, 5.74) is 1.74. The molecule has 2 rings (SSSR count). The highest BCUT2D eigenvalue weighted by molar-refractivity contribution is 5.88. The first-order valence-corrected chi connectivity index (χ1v) is 13.6. The van der Waals surface area contributed by atoms with Crippen molar-refractivity contribution in [2.24, 2.45) is 0 Å². The number of nitrogens with zero attached hydrogens (tertiary/aromatic N) is 2. The van der Waals surface area contributed by atoms with Crippen LogP contribution < -0.4 is 0 Å². The van der Waals surface area contributed by atoms with Crippen LogP contribution in [0.5, 0.6) is 5.75 Å². The molecule has 1 amide bonds. The van der Waals surface area contributed by atoms with Crippen molar-refractivity contribution in [3.05, 3.63) is 28.8 Å². The first-order chi connectivity index (χ1) is 15.6. The van der Waals surface area contributed by atoms with E-state index in [2.05, 4.69) is 119 Å². The summed E-state index contributed by atoms with van der Waals surface area (Å²) in [6.45, 7) is 29.0. The molecule has 1 aliphatic heterocycles. The number of likely N-dealkylation sites (N-methyl/N-ethyl adjacent to an activating group) is 1. The fourth-order valence-electron chi connectivity index (χ4n) is 6.00. The van der Waals surface area contributed by atoms with Crippen molar-refractivity contribution >= 4 is 5.91 Å². The number of likely N-dealkylation sites (tertiary alicyclic amines) is 1. The highest BCUT2D eigenvalue weighted by atomic mass is 16.3. The first-order valence-electron chi connectivity index (χ1n) is 13.6. The molecule has 0 spiro atoms. The maximum absolute atomic E-state index is 14.5. The summed E-state index contributed by atoms with van der Waals surface area (Å²) >= 11 is 0. The lowest BCUT2D eigenvalue weighted by Gasteiger charge is -2.56. The Hall–Kier alpha value is -1.55. The first kappa shape index (κ1) is 29.7. The zero-order chi connectivity index (χ0) is 27.4. The lowest BCUT2D eigenvalue weighted by molar-refractivity contribution is -0.143. The normalized spacial score (nSPS) is 21.0. The second-order valence-electron chi connectivity index (χ2n) is 14.4. The smallest absolute Gasteiger partial charge is 0.233 e. The summed E-state index contributed by atoms with van der Waals surface area (Å²) in [5, 5.41) is 11.3. The minimum atomic E-state index is -0.665. The molecule has 35 heavy (non-hydrogen) atoms. The molecule has 200 valence electrons. The van der Waals surface area contributed by atoms with E-state index in [0.717, 1.165) is 29.5 Å². The van der Waals surface area contributed by atoms with E-state index in [-0.39, 0.29) is 33.9 Å². The van der Waals surface area contributed by atoms with Crippen LogP contribution in [0.4, 0.5) is 0 Å². The number of carbonyl (C=O) groups is 1. The van der Waals surface area contributed by atoms with Crippen LogP contribution in [-0.2, 0) is 21.0 Å². The van der Waals surface area contributed by atoms with Crippen LogP contribution in [0.2, 0.25) is 0 Å². The lowest BCUT2D eigenvalue weighted by atomic mass is 9.71. The van der Waals surface area contributed by atoms with E-state index < -0.39 is 5.41 Å². The number of amides is 1. The van der Waals surface area contributed by atoms with Crippen molar-refractivity contribution in [1.29, 1.82) is 0 Å². The number of hydrogen-bond donors (Lipinski definition) is 1. The summed E-state index contributed by atoms with van der Waals surface area (Å²) in [7, 11) is 2.21. The Labute approximate surface area is 216 Å². The molecular weight excluding hydrogens is 432 g/mol. The van der Waals surface area contributed by atoms with E-state index in [1.165, 1.54) is 0 Å². The zero-order valence-electron chi connectivity index (χ0n) is 25.3. The van der Waals surface area contributed by atoms with E-state index >= 15 is 0 Å². The maximum Gasteiger partial charge on any atom is 0.233 e. The van der Waals surface area contributed by atoms with Crippen LogP contribution in [0, 0.1) is 0 Å². The molecular formula is C31H54N2O2. The highest BCUT2D eigenvalue weighted by Gasteiger charge is 2.48. The summed E-state index contributed by atoms with van der Waals surface area (Å²) in [6, 6.07) is 4.39. The largest absolute Gasteiger partial charge is 0.507 e. The van der Waals surface area contributed by atoms with Crippen LogP contribution in [0.3, 0.4) is 0 Å². The molecule has 1 aromatic rings. The molecule has 0 aliphatic carbocycles. The molecule has 1 N–H and O–H groups in total. The van der Waals surface area contributed by atoms with Crippen LogP contribution in [-0.4, -0.2) is 51.5 Å². The van der Waals surface area contributed by atoms with Crippen molar-refractivity contribution in [2.45, 2.75) is 143 Å². The molecule has 0 radical (unpaired) electrons. The standard InChI is InChI=1S/C31H54N2O2/c1-15-31(13,21-17-23(27(3,4)5)25(34)24(18-21)28(6,7)8)26(35)33(16-2)22-19-29(9,10)32(14)30(11,12)20-22/h17-18,22,34H,15-16,19-20H2,1-14H3. The Bertz CT molecular complexity index is 879. The van der Waals surface area contributed by atoms with Crippen molar-refractivity contribution < 1.29 is 9.90 Å². The predicted molar refractivity (Wildman–Crippen MR) is 149 cm³/mol. The molecule has 1 aliphatic rings. The molecule has 1 unspecified atom stereocenters. The topological polar surface area (TPSA) is 43.8 Å². The highest BCUT2D eigenvalue weighted by Crippen LogP contribution is 2.45. The Morgan fingerprint density at radius 1 is 0.943 bits per heavy atom. The fourth-order valence-corrected chi connectivity index (χ4v) is 6.00. The van der Waals surface area contributed by atoms with E-state index in [1.807, 2.05) is 0 Å². The molecule has 1 atom stereocenters. The number of rotatable bonds is 5. The SMILES string of the molecule is CCN(C(=O)C(C)(CC)c1cc(C(C)(C)C)c(O)c(C(C)(C)C)c1)C1CC(C)(C)N(C)C(C)(C)C1. The third-order valence-electron chi connectivity index (χ3n) is 8.87. The summed E-state index contributed by atoms with van der Waals surface area (Å²) in [4.78, 5) is 19.1. The summed E-state index contributed by atoms with van der Waals surface area (Å²) in [6.07, 6.45) is 2.63. The number of aromatic hydroxyl groups is 1. The molecule has 1 fully saturated rings. The maximum atomic E-state index is 14.5. The minimum Gasteiger partial charge on any atom is -0.507 e. The van der Waals surface area contributed by atoms with Gasteiger partial charge in [-0.1, -0.05) is 60.6 Å². The van der Waals surface area contributed by atoms with Gasteiger partial charge in [-0.15, -0.1) is 0 Å². The van der Waals surface area contributed by atoms with E-state index in [9.17, 15) is 9.90 Å². The Balaban J connectivity index is 2.66. The van der Waals surface area contributed by atoms with Crippen molar-refractivity contribution in [3.8, 4) is 5.75 Å². The lowest BCUT2D eigenvalue weighted by Crippen LogP contribution is -2.64. The van der Waals surface area contributed by atoms with Gasteiger partial charge in [0.15, 0.2) is 0 Å². The van der Waals surface area contributed by atoms with Crippen molar-refractivity contribution in [1.82, 2.24) is 9.80 Å². The molecule has 1 saturated heterocycles. The third kappa shape index (κ3) is 5.58. The van der Waals surface area contributed by atoms with Gasteiger partial charge in [-0.3, -0.25) is 9.69 Å². The number of carbonyl (C=O) groups excluding carboxylic acids is 1. The van der Waals surface area contributed by atoms with E-state index in [0.29, 0.717) is 18.7 Å². The second-order valence-corrected chi connectivity index (χ2v) is 14.4. The van der Waals surface area contributed by atoms with Crippen LogP contribution in [0.1, 0.15) is 126 Å². The van der Waals surface area contributed by atoms with Gasteiger partial charge in [-0.05, 0) is 95.4 Å². The van der Waals surface area contributed by atoms with Gasteiger partial charge in [0.2, 0.25) is 5.91 Å². The Kier molecular flexibility index (Phi) is 7.97. The number of phenolic OH excluding ortho intramolecular Hbond substituents is 1. The van der Waals surface area contributed by atoms with Gasteiger partial charge < -0.3 is 10.0 Å². The summed E-state index contributed by atoms with van der Waals surface area (Å²) in [5.74, 6) is 0.569. The van der Waals surface area contributed by atoms with Gasteiger partial charge in [-0.25, -0.2) is 0 Å². The zero-order valence-corrected chi connectivity index (χ0v) is 25.3. The van der Waals surface area contributed by atoms with Gasteiger partial charge in [0.25, 0.3) is 0 Å². The number of phenols is 1. The van der Waals surface area contributed by atoms with Crippen LogP contribution in [0.15, 0.2) is 12.1 Å². The molecule has 0 saturated carbocycles. The molecule has 1 heterocycles. The monoisotopic (exact) mass is 486 g/mol. The molecule has 1 aromatic carbocycles. The molecule has 0 aromatic heterocycles. The average molecular weight is 487 g/mol. The molecule has 0 bridgehead atoms. The number of piperidine rings is 1. The quantitative estimate of drug-likeness (QED) is 0.480. The Morgan fingerprint density at radius 3 is 1.66 bits per heavy atom. The van der Waals surface area contributed by atoms with Gasteiger partial charge in [0.05, 0.1) is 5.41 Å². The van der Waals surface area contributed by atoms with Crippen LogP contribution >= 0.6 is 0 Å². The molecule has 4 nitrogen and oxygen atoms in total. The predicted octanol–water partition coefficient (Wildman–Crippen LogP) is 7.15. The van der Waals surface area contributed by atoms with E-state index in [4.69, 9.17) is 0 Å². The van der Waals surface area contributed by atoms with Gasteiger partial charge in [0, 0.05) is 23.7 Å². The minimum absolute atomic E-state index is 0.0140. The fraction of sp³-hybridized carbons (Fsp3) is 0.774. The second kappa shape index (κ2) is 9.39. The van der Waals surface area contributed by atoms with Crippen molar-refractivity contribution in [2.75, 3.05) is 13.6 Å². The van der Waals surface area contributed by atoms with Gasteiger partial charge in [-0.2, -0.15) is 0 Å². The van der Waals surface area contributed by atoms with Crippen molar-refractivity contribution in [3.63, 3.8) is 0 Å². The van der Waals surface area contributed by atoms with Gasteiger partial charge >= 0.3 is 0 Å². The average Bonchev–Trinajstić information content (AvgIpc) is 2.69. The number of benzene rings is 1. The third-order valence-corrected chi connectivity index (χ3v) is 8.87. The number of hydrogen-bond acceptors (Lipinski definition) is 3. The summed E-state index contributed by atoms with van der Waals surface area (Å²) < 4.78 is 0. The molecule has 4 heteroatoms. The Morgan fingerprint density at radius 2 is 1.34 bits per heavy atom. The van der Waals surface area contributed by atoms with Gasteiger partial charge in [0.1, 0.15) is 5.75 Å². The van der Waals surface area contributed by atoms with Crippen LogP contribution in [0.25, 0.3) is 0 Å².